The van der Waals surface area contributed by atoms with Gasteiger partial charge in [-0.05, 0) is 37.3 Å². The van der Waals surface area contributed by atoms with Crippen molar-refractivity contribution in [2.24, 2.45) is 5.92 Å². The number of rotatable bonds is 2. The first-order chi connectivity index (χ1) is 8.22. The van der Waals surface area contributed by atoms with Crippen LogP contribution in [0, 0.1) is 11.7 Å². The number of aliphatic hydroxyl groups is 1. The lowest BCUT2D eigenvalue weighted by molar-refractivity contribution is 0.276. The molecule has 2 nitrogen and oxygen atoms in total. The summed E-state index contributed by atoms with van der Waals surface area (Å²) in [6, 6.07) is 5.04. The van der Waals surface area contributed by atoms with Gasteiger partial charge in [0.2, 0.25) is 0 Å². The molecule has 0 aliphatic carbocycles. The van der Waals surface area contributed by atoms with E-state index in [0.29, 0.717) is 5.56 Å². The van der Waals surface area contributed by atoms with Gasteiger partial charge < -0.3 is 10.0 Å². The van der Waals surface area contributed by atoms with Crippen LogP contribution in [-0.2, 0) is 6.61 Å². The second-order valence-corrected chi connectivity index (χ2v) is 4.92. The minimum atomic E-state index is -0.303. The van der Waals surface area contributed by atoms with Crippen LogP contribution in [0.2, 0.25) is 0 Å². The Kier molecular flexibility index (Phi) is 4.00. The van der Waals surface area contributed by atoms with Gasteiger partial charge in [-0.1, -0.05) is 13.0 Å². The second-order valence-electron chi connectivity index (χ2n) is 4.92. The van der Waals surface area contributed by atoms with Crippen LogP contribution >= 0.6 is 0 Å². The zero-order valence-corrected chi connectivity index (χ0v) is 10.3. The fraction of sp³-hybridized carbons (Fsp3) is 0.571. The minimum absolute atomic E-state index is 0.228. The lowest BCUT2D eigenvalue weighted by Crippen LogP contribution is -2.25. The second kappa shape index (κ2) is 5.50. The van der Waals surface area contributed by atoms with Crippen molar-refractivity contribution in [2.75, 3.05) is 18.0 Å². The fourth-order valence-corrected chi connectivity index (χ4v) is 2.50. The van der Waals surface area contributed by atoms with Gasteiger partial charge in [-0.15, -0.1) is 0 Å². The van der Waals surface area contributed by atoms with Gasteiger partial charge in [0.05, 0.1) is 6.61 Å². The molecule has 1 aliphatic rings. The van der Waals surface area contributed by atoms with Crippen molar-refractivity contribution in [3.8, 4) is 0 Å². The van der Waals surface area contributed by atoms with Gasteiger partial charge in [0.1, 0.15) is 5.82 Å². The van der Waals surface area contributed by atoms with Crippen molar-refractivity contribution in [1.82, 2.24) is 0 Å². The summed E-state index contributed by atoms with van der Waals surface area (Å²) in [5.41, 5.74) is 1.30. The smallest absolute Gasteiger partial charge is 0.130 e. The summed E-state index contributed by atoms with van der Waals surface area (Å²) in [6.07, 6.45) is 3.52. The van der Waals surface area contributed by atoms with Gasteiger partial charge in [0.15, 0.2) is 0 Å². The number of halogens is 1. The van der Waals surface area contributed by atoms with E-state index in [1.54, 1.807) is 6.07 Å². The molecule has 1 N–H and O–H groups in total. The Labute approximate surface area is 102 Å². The minimum Gasteiger partial charge on any atom is -0.391 e. The Morgan fingerprint density at radius 1 is 1.35 bits per heavy atom. The van der Waals surface area contributed by atoms with Crippen LogP contribution in [-0.4, -0.2) is 18.2 Å². The Hall–Kier alpha value is -1.09. The van der Waals surface area contributed by atoms with Crippen molar-refractivity contribution in [3.63, 3.8) is 0 Å². The number of anilines is 1. The summed E-state index contributed by atoms with van der Waals surface area (Å²) in [4.78, 5) is 2.21. The van der Waals surface area contributed by atoms with Crippen LogP contribution in [0.3, 0.4) is 0 Å². The van der Waals surface area contributed by atoms with Crippen LogP contribution in [0.1, 0.15) is 31.7 Å². The van der Waals surface area contributed by atoms with E-state index in [2.05, 4.69) is 11.8 Å². The van der Waals surface area contributed by atoms with E-state index >= 15 is 0 Å². The number of aliphatic hydroxyl groups excluding tert-OH is 1. The molecule has 1 unspecified atom stereocenters. The van der Waals surface area contributed by atoms with Gasteiger partial charge in [0, 0.05) is 24.3 Å². The van der Waals surface area contributed by atoms with E-state index in [4.69, 9.17) is 0 Å². The molecule has 1 fully saturated rings. The van der Waals surface area contributed by atoms with Gasteiger partial charge >= 0.3 is 0 Å². The van der Waals surface area contributed by atoms with Crippen LogP contribution in [0.15, 0.2) is 18.2 Å². The molecule has 1 atom stereocenters. The van der Waals surface area contributed by atoms with Crippen molar-refractivity contribution in [2.45, 2.75) is 32.8 Å². The SMILES string of the molecule is CC1CCCN(c2cccc(F)c2CO)CC1. The third-order valence-electron chi connectivity index (χ3n) is 3.61. The van der Waals surface area contributed by atoms with E-state index in [1.165, 1.54) is 12.5 Å². The molecule has 94 valence electrons. The van der Waals surface area contributed by atoms with Crippen LogP contribution in [0.5, 0.6) is 0 Å². The maximum Gasteiger partial charge on any atom is 0.130 e. The number of hydrogen-bond acceptors (Lipinski definition) is 2. The largest absolute Gasteiger partial charge is 0.391 e. The summed E-state index contributed by atoms with van der Waals surface area (Å²) in [5.74, 6) is 0.438. The highest BCUT2D eigenvalue weighted by Gasteiger charge is 2.17. The molecule has 17 heavy (non-hydrogen) atoms. The maximum atomic E-state index is 13.6. The fourth-order valence-electron chi connectivity index (χ4n) is 2.50. The summed E-state index contributed by atoms with van der Waals surface area (Å²) in [5, 5.41) is 9.29. The van der Waals surface area contributed by atoms with Crippen LogP contribution in [0.25, 0.3) is 0 Å². The third-order valence-corrected chi connectivity index (χ3v) is 3.61. The molecular weight excluding hydrogens is 217 g/mol. The van der Waals surface area contributed by atoms with Crippen molar-refractivity contribution < 1.29 is 9.50 Å². The molecule has 1 aromatic rings. The van der Waals surface area contributed by atoms with E-state index < -0.39 is 0 Å². The van der Waals surface area contributed by atoms with Gasteiger partial charge in [-0.3, -0.25) is 0 Å². The molecule has 0 saturated carbocycles. The van der Waals surface area contributed by atoms with Gasteiger partial charge in [-0.2, -0.15) is 0 Å². The molecule has 3 heteroatoms. The van der Waals surface area contributed by atoms with Crippen LogP contribution < -0.4 is 4.90 Å². The average molecular weight is 237 g/mol. The molecule has 0 radical (unpaired) electrons. The normalized spacial score (nSPS) is 21.4. The Balaban J connectivity index is 2.23. The van der Waals surface area contributed by atoms with Crippen molar-refractivity contribution in [3.05, 3.63) is 29.6 Å². The van der Waals surface area contributed by atoms with Crippen LogP contribution in [0.4, 0.5) is 10.1 Å². The number of hydrogen-bond donors (Lipinski definition) is 1. The maximum absolute atomic E-state index is 13.6. The Morgan fingerprint density at radius 3 is 2.94 bits per heavy atom. The monoisotopic (exact) mass is 237 g/mol. The highest BCUT2D eigenvalue weighted by atomic mass is 19.1. The lowest BCUT2D eigenvalue weighted by atomic mass is 10.0. The molecule has 1 aliphatic heterocycles. The van der Waals surface area contributed by atoms with Crippen molar-refractivity contribution >= 4 is 5.69 Å². The van der Waals surface area contributed by atoms with E-state index in [1.807, 2.05) is 6.07 Å². The molecule has 1 aromatic carbocycles. The standard InChI is InChI=1S/C14H20FNO/c1-11-4-3-8-16(9-7-11)14-6-2-5-13(15)12(14)10-17/h2,5-6,11,17H,3-4,7-10H2,1H3. The quantitative estimate of drug-likeness (QED) is 0.855. The highest BCUT2D eigenvalue weighted by molar-refractivity contribution is 5.54. The van der Waals surface area contributed by atoms with Crippen molar-refractivity contribution in [1.29, 1.82) is 0 Å². The first kappa shape index (κ1) is 12.4. The lowest BCUT2D eigenvalue weighted by Gasteiger charge is -2.25. The zero-order valence-electron chi connectivity index (χ0n) is 10.3. The summed E-state index contributed by atoms with van der Waals surface area (Å²) >= 11 is 0. The number of benzene rings is 1. The van der Waals surface area contributed by atoms with E-state index in [-0.39, 0.29) is 12.4 Å². The molecule has 1 saturated heterocycles. The topological polar surface area (TPSA) is 23.5 Å². The predicted molar refractivity (Wildman–Crippen MR) is 67.6 cm³/mol. The van der Waals surface area contributed by atoms with Gasteiger partial charge in [-0.25, -0.2) is 4.39 Å². The highest BCUT2D eigenvalue weighted by Crippen LogP contribution is 2.27. The molecule has 2 rings (SSSR count). The van der Waals surface area contributed by atoms with Gasteiger partial charge in [0.25, 0.3) is 0 Å². The van der Waals surface area contributed by atoms with E-state index in [0.717, 1.165) is 37.5 Å². The summed E-state index contributed by atoms with van der Waals surface area (Å²) in [6.45, 7) is 3.95. The average Bonchev–Trinajstić information content (AvgIpc) is 2.54. The molecule has 0 bridgehead atoms. The molecule has 1 heterocycles. The first-order valence-corrected chi connectivity index (χ1v) is 6.35. The predicted octanol–water partition coefficient (Wildman–Crippen LogP) is 2.94. The molecule has 0 spiro atoms. The third kappa shape index (κ3) is 2.78. The first-order valence-electron chi connectivity index (χ1n) is 6.35. The van der Waals surface area contributed by atoms with E-state index in [9.17, 15) is 9.50 Å². The molecule has 0 amide bonds. The molecular formula is C14H20FNO. The summed E-state index contributed by atoms with van der Waals surface area (Å²) in [7, 11) is 0. The Morgan fingerprint density at radius 2 is 2.18 bits per heavy atom. The Bertz CT molecular complexity index is 380. The summed E-state index contributed by atoms with van der Waals surface area (Å²) < 4.78 is 13.6. The number of nitrogens with zero attached hydrogens (tertiary/aromatic N) is 1. The zero-order chi connectivity index (χ0) is 12.3. The molecule has 0 aromatic heterocycles.